The van der Waals surface area contributed by atoms with Crippen LogP contribution in [0.2, 0.25) is 10.6 Å². The second kappa shape index (κ2) is 15.3. The van der Waals surface area contributed by atoms with Crippen molar-refractivity contribution in [2.45, 2.75) is 82.7 Å². The van der Waals surface area contributed by atoms with Crippen LogP contribution >= 0.6 is 0 Å². The van der Waals surface area contributed by atoms with Crippen LogP contribution < -0.4 is 0 Å². The molecule has 0 aliphatic rings. The van der Waals surface area contributed by atoms with Gasteiger partial charge in [0.1, 0.15) is 0 Å². The van der Waals surface area contributed by atoms with Gasteiger partial charge < -0.3 is 3.79 Å². The van der Waals surface area contributed by atoms with E-state index in [1.165, 1.54) is 55.5 Å². The third-order valence-electron chi connectivity index (χ3n) is 3.29. The summed E-state index contributed by atoms with van der Waals surface area (Å²) < 4.78 is 6.14. The Bertz CT molecular complexity index is 172. The van der Waals surface area contributed by atoms with Crippen molar-refractivity contribution in [2.24, 2.45) is 0 Å². The van der Waals surface area contributed by atoms with Gasteiger partial charge in [0, 0.05) is 6.61 Å². The highest BCUT2D eigenvalue weighted by atomic mass is 27.2. The van der Waals surface area contributed by atoms with Crippen LogP contribution in [-0.2, 0) is 3.79 Å². The summed E-state index contributed by atoms with van der Waals surface area (Å²) in [5.74, 6) is 0. The average molecular weight is 268 g/mol. The number of rotatable bonds is 13. The highest BCUT2D eigenvalue weighted by Gasteiger charge is 2.18. The topological polar surface area (TPSA) is 9.23 Å². The average Bonchev–Trinajstić information content (AvgIpc) is 2.40. The molecule has 0 aromatic carbocycles. The molecule has 0 fully saturated rings. The van der Waals surface area contributed by atoms with E-state index < -0.39 is 14.5 Å². The van der Waals surface area contributed by atoms with E-state index in [1.54, 1.807) is 0 Å². The molecule has 0 rings (SSSR count). The van der Waals surface area contributed by atoms with Gasteiger partial charge in [-0.15, -0.1) is 0 Å². The summed E-state index contributed by atoms with van der Waals surface area (Å²) in [4.78, 5) is 0. The number of allylic oxidation sites excluding steroid dienone is 1. The maximum atomic E-state index is 6.14. The van der Waals surface area contributed by atoms with E-state index in [0.29, 0.717) is 0 Å². The maximum Gasteiger partial charge on any atom is 0.460 e. The van der Waals surface area contributed by atoms with Gasteiger partial charge in [0.25, 0.3) is 0 Å². The fraction of sp³-hybridized carbons (Fsp3) is 0.875. The molecule has 0 aliphatic heterocycles. The molecule has 0 atom stereocenters. The van der Waals surface area contributed by atoms with Crippen LogP contribution in [0.1, 0.15) is 72.1 Å². The summed E-state index contributed by atoms with van der Waals surface area (Å²) in [6.45, 7) is 7.77. The van der Waals surface area contributed by atoms with E-state index in [-0.39, 0.29) is 0 Å². The van der Waals surface area contributed by atoms with Gasteiger partial charge >= 0.3 is 14.5 Å². The Morgan fingerprint density at radius 1 is 0.778 bits per heavy atom. The molecule has 0 amide bonds. The Labute approximate surface area is 120 Å². The van der Waals surface area contributed by atoms with Gasteiger partial charge in [-0.3, -0.25) is 0 Å². The van der Waals surface area contributed by atoms with Gasteiger partial charge in [0.05, 0.1) is 0 Å². The summed E-state index contributed by atoms with van der Waals surface area (Å²) in [5, 5.41) is 2.77. The van der Waals surface area contributed by atoms with E-state index in [1.807, 2.05) is 0 Å². The molecule has 106 valence electrons. The van der Waals surface area contributed by atoms with Gasteiger partial charge in [0.2, 0.25) is 0 Å². The zero-order valence-electron chi connectivity index (χ0n) is 12.9. The lowest BCUT2D eigenvalue weighted by Crippen LogP contribution is -2.18. The van der Waals surface area contributed by atoms with E-state index in [4.69, 9.17) is 3.79 Å². The monoisotopic (exact) mass is 268 g/mol. The Morgan fingerprint density at radius 3 is 1.89 bits per heavy atom. The molecule has 0 aromatic rings. The molecule has 0 aliphatic carbocycles. The zero-order chi connectivity index (χ0) is 13.5. The van der Waals surface area contributed by atoms with Crippen LogP contribution in [0.25, 0.3) is 0 Å². The number of hydrogen-bond donors (Lipinski definition) is 0. The Kier molecular flexibility index (Phi) is 15.5. The van der Waals surface area contributed by atoms with Gasteiger partial charge in [-0.05, 0) is 12.8 Å². The predicted octanol–water partition coefficient (Wildman–Crippen LogP) is 5.73. The quantitative estimate of drug-likeness (QED) is 0.235. The van der Waals surface area contributed by atoms with Crippen molar-refractivity contribution in [1.82, 2.24) is 0 Å². The van der Waals surface area contributed by atoms with Crippen LogP contribution in [0.4, 0.5) is 0 Å². The van der Waals surface area contributed by atoms with Gasteiger partial charge in [0.15, 0.2) is 0 Å². The Balaban J connectivity index is 3.57. The molecule has 0 saturated heterocycles. The lowest BCUT2D eigenvalue weighted by molar-refractivity contribution is 0.323. The zero-order valence-corrected chi connectivity index (χ0v) is 14.1. The first-order valence-electron chi connectivity index (χ1n) is 8.11. The van der Waals surface area contributed by atoms with E-state index in [2.05, 4.69) is 32.9 Å². The van der Waals surface area contributed by atoms with Crippen molar-refractivity contribution in [1.29, 1.82) is 0 Å². The predicted molar refractivity (Wildman–Crippen MR) is 84.4 cm³/mol. The minimum Gasteiger partial charge on any atom is -0.500 e. The Morgan fingerprint density at radius 2 is 1.33 bits per heavy atom. The van der Waals surface area contributed by atoms with Crippen LogP contribution in [0.15, 0.2) is 12.2 Å². The molecule has 0 heterocycles. The van der Waals surface area contributed by atoms with Crippen LogP contribution in [0.3, 0.4) is 0 Å². The lowest BCUT2D eigenvalue weighted by atomic mass is 10.2. The SMILES string of the molecule is CCCC/C=C/CC[O][Al]([CH2]CCC)[CH2]CCC. The van der Waals surface area contributed by atoms with Gasteiger partial charge in [-0.1, -0.05) is 82.0 Å². The minimum atomic E-state index is -0.868. The van der Waals surface area contributed by atoms with Crippen molar-refractivity contribution >= 4 is 14.5 Å². The summed E-state index contributed by atoms with van der Waals surface area (Å²) in [6.07, 6.45) is 15.0. The second-order valence-electron chi connectivity index (χ2n) is 5.18. The van der Waals surface area contributed by atoms with Crippen molar-refractivity contribution in [3.63, 3.8) is 0 Å². The molecule has 18 heavy (non-hydrogen) atoms. The van der Waals surface area contributed by atoms with E-state index in [0.717, 1.165) is 13.0 Å². The van der Waals surface area contributed by atoms with Crippen molar-refractivity contribution in [2.75, 3.05) is 6.61 Å². The van der Waals surface area contributed by atoms with Crippen LogP contribution in [0, 0.1) is 0 Å². The molecular formula is C16H33AlO. The third kappa shape index (κ3) is 12.7. The standard InChI is InChI=1S/C8H15O.2C4H9.Al/c1-2-3-4-5-6-7-8-9;2*1-3-4-2;/h5-6H,2-4,7-8H2,1H3;2*1,3-4H2,2H3;/q-1;;;+1/b6-5+;;;. The maximum absolute atomic E-state index is 6.14. The Hall–Kier alpha value is 0.232. The summed E-state index contributed by atoms with van der Waals surface area (Å²) in [6, 6.07) is 0. The third-order valence-corrected chi connectivity index (χ3v) is 6.10. The molecule has 2 heteroatoms. The number of hydrogen-bond acceptors (Lipinski definition) is 1. The second-order valence-corrected chi connectivity index (χ2v) is 7.91. The fourth-order valence-electron chi connectivity index (χ4n) is 2.04. The van der Waals surface area contributed by atoms with Crippen molar-refractivity contribution in [3.8, 4) is 0 Å². The number of unbranched alkanes of at least 4 members (excludes halogenated alkanes) is 4. The lowest BCUT2D eigenvalue weighted by Gasteiger charge is -2.11. The molecule has 0 radical (unpaired) electrons. The molecule has 1 nitrogen and oxygen atoms in total. The molecule has 0 unspecified atom stereocenters. The smallest absolute Gasteiger partial charge is 0.460 e. The molecule has 0 bridgehead atoms. The largest absolute Gasteiger partial charge is 0.500 e. The van der Waals surface area contributed by atoms with Crippen LogP contribution in [0.5, 0.6) is 0 Å². The van der Waals surface area contributed by atoms with Crippen molar-refractivity contribution < 1.29 is 3.79 Å². The fourth-order valence-corrected chi connectivity index (χ4v) is 4.85. The van der Waals surface area contributed by atoms with Gasteiger partial charge in [-0.25, -0.2) is 0 Å². The van der Waals surface area contributed by atoms with E-state index in [9.17, 15) is 0 Å². The molecule has 0 saturated carbocycles. The molecule has 0 spiro atoms. The molecular weight excluding hydrogens is 235 g/mol. The summed E-state index contributed by atoms with van der Waals surface area (Å²) in [7, 11) is 0. The van der Waals surface area contributed by atoms with E-state index >= 15 is 0 Å². The van der Waals surface area contributed by atoms with Gasteiger partial charge in [-0.2, -0.15) is 0 Å². The summed E-state index contributed by atoms with van der Waals surface area (Å²) >= 11 is -0.868. The normalized spacial score (nSPS) is 11.3. The minimum absolute atomic E-state index is 0.868. The van der Waals surface area contributed by atoms with Crippen molar-refractivity contribution in [3.05, 3.63) is 12.2 Å². The highest BCUT2D eigenvalue weighted by molar-refractivity contribution is 6.51. The molecule has 0 N–H and O–H groups in total. The van der Waals surface area contributed by atoms with Crippen LogP contribution in [-0.4, -0.2) is 21.1 Å². The first kappa shape index (κ1) is 18.2. The molecule has 0 aromatic heterocycles. The first-order valence-corrected chi connectivity index (χ1v) is 10.2. The first-order chi connectivity index (χ1) is 8.85. The summed E-state index contributed by atoms with van der Waals surface area (Å²) in [5.41, 5.74) is 0. The highest BCUT2D eigenvalue weighted by Crippen LogP contribution is 2.11.